The van der Waals surface area contributed by atoms with Crippen molar-refractivity contribution in [3.05, 3.63) is 51.2 Å². The number of benzene rings is 1. The van der Waals surface area contributed by atoms with Crippen molar-refractivity contribution in [3.63, 3.8) is 0 Å². The highest BCUT2D eigenvalue weighted by Crippen LogP contribution is 2.24. The Morgan fingerprint density at radius 3 is 3.00 bits per heavy atom. The number of hydrogen-bond donors (Lipinski definition) is 2. The number of carbonyl (C=O) groups excluding carboxylic acids is 1. The molecule has 1 aliphatic rings. The maximum atomic E-state index is 12.2. The fourth-order valence-electron chi connectivity index (χ4n) is 2.57. The molecule has 0 saturated carbocycles. The molecule has 3 rings (SSSR count). The van der Waals surface area contributed by atoms with Gasteiger partial charge in [-0.2, -0.15) is 0 Å². The first-order chi connectivity index (χ1) is 10.7. The second-order valence-electron chi connectivity index (χ2n) is 5.41. The molecule has 1 saturated heterocycles. The highest BCUT2D eigenvalue weighted by atomic mass is 127. The van der Waals surface area contributed by atoms with Crippen molar-refractivity contribution in [2.75, 3.05) is 13.1 Å². The Bertz CT molecular complexity index is 650. The van der Waals surface area contributed by atoms with Gasteiger partial charge in [0.05, 0.1) is 0 Å². The molecule has 1 aromatic heterocycles. The largest absolute Gasteiger partial charge is 0.448 e. The molecule has 2 heterocycles. The summed E-state index contributed by atoms with van der Waals surface area (Å²) in [7, 11) is 0. The van der Waals surface area contributed by atoms with Crippen molar-refractivity contribution in [2.24, 2.45) is 0 Å². The average Bonchev–Trinajstić information content (AvgIpc) is 3.04. The molecule has 0 unspecified atom stereocenters. The lowest BCUT2D eigenvalue weighted by Crippen LogP contribution is -2.27. The number of hydrogen-bond acceptors (Lipinski definition) is 4. The lowest BCUT2D eigenvalue weighted by Gasteiger charge is -2.19. The zero-order valence-electron chi connectivity index (χ0n) is 12.1. The number of carbonyl (C=O) groups is 1. The predicted molar refractivity (Wildman–Crippen MR) is 91.7 cm³/mol. The first-order valence-corrected chi connectivity index (χ1v) is 8.49. The predicted octanol–water partition coefficient (Wildman–Crippen LogP) is 2.68. The van der Waals surface area contributed by atoms with Crippen LogP contribution in [0.15, 0.2) is 34.9 Å². The second kappa shape index (κ2) is 7.23. The molecular formula is C16H18IN3O2. The number of oxazole rings is 1. The van der Waals surface area contributed by atoms with Crippen LogP contribution in [-0.2, 0) is 6.54 Å². The number of nitrogens with zero attached hydrogens (tertiary/aromatic N) is 1. The number of piperidine rings is 1. The zero-order chi connectivity index (χ0) is 15.4. The van der Waals surface area contributed by atoms with Crippen LogP contribution < -0.4 is 10.6 Å². The third-order valence-corrected chi connectivity index (χ3v) is 4.46. The summed E-state index contributed by atoms with van der Waals surface area (Å²) in [6.45, 7) is 2.44. The van der Waals surface area contributed by atoms with E-state index in [0.29, 0.717) is 24.0 Å². The van der Waals surface area contributed by atoms with Gasteiger partial charge in [0.25, 0.3) is 5.91 Å². The first-order valence-electron chi connectivity index (χ1n) is 7.41. The Kier molecular flexibility index (Phi) is 5.09. The molecule has 116 valence electrons. The molecule has 5 nitrogen and oxygen atoms in total. The summed E-state index contributed by atoms with van der Waals surface area (Å²) < 4.78 is 6.65. The van der Waals surface area contributed by atoms with Crippen LogP contribution in [-0.4, -0.2) is 24.0 Å². The Balaban J connectivity index is 1.59. The first kappa shape index (κ1) is 15.5. The van der Waals surface area contributed by atoms with E-state index in [1.54, 1.807) is 0 Å². The van der Waals surface area contributed by atoms with Gasteiger partial charge in [-0.1, -0.05) is 12.1 Å². The molecule has 1 amide bonds. The van der Waals surface area contributed by atoms with Crippen LogP contribution in [0.25, 0.3) is 0 Å². The summed E-state index contributed by atoms with van der Waals surface area (Å²) in [6, 6.07) is 8.04. The van der Waals surface area contributed by atoms with Gasteiger partial charge in [0.2, 0.25) is 0 Å². The van der Waals surface area contributed by atoms with E-state index in [9.17, 15) is 4.79 Å². The summed E-state index contributed by atoms with van der Waals surface area (Å²) in [4.78, 5) is 16.5. The van der Waals surface area contributed by atoms with E-state index in [-0.39, 0.29) is 5.91 Å². The number of rotatable bonds is 4. The maximum Gasteiger partial charge on any atom is 0.273 e. The van der Waals surface area contributed by atoms with E-state index in [0.717, 1.165) is 35.1 Å². The third-order valence-electron chi connectivity index (χ3n) is 3.79. The van der Waals surface area contributed by atoms with Gasteiger partial charge in [0.1, 0.15) is 6.26 Å². The highest BCUT2D eigenvalue weighted by molar-refractivity contribution is 14.1. The van der Waals surface area contributed by atoms with Gasteiger partial charge in [-0.25, -0.2) is 4.98 Å². The zero-order valence-corrected chi connectivity index (χ0v) is 14.3. The smallest absolute Gasteiger partial charge is 0.273 e. The molecule has 2 N–H and O–H groups in total. The van der Waals surface area contributed by atoms with Gasteiger partial charge in [-0.3, -0.25) is 4.79 Å². The monoisotopic (exact) mass is 411 g/mol. The minimum absolute atomic E-state index is 0.192. The van der Waals surface area contributed by atoms with Crippen LogP contribution in [0, 0.1) is 3.57 Å². The average molecular weight is 411 g/mol. The molecule has 0 spiro atoms. The molecular weight excluding hydrogens is 393 g/mol. The molecule has 0 aliphatic carbocycles. The number of nitrogens with one attached hydrogen (secondary N) is 2. The van der Waals surface area contributed by atoms with Crippen LogP contribution in [0.3, 0.4) is 0 Å². The van der Waals surface area contributed by atoms with E-state index >= 15 is 0 Å². The Morgan fingerprint density at radius 1 is 1.41 bits per heavy atom. The molecule has 0 atom stereocenters. The van der Waals surface area contributed by atoms with Crippen LogP contribution in [0.2, 0.25) is 0 Å². The summed E-state index contributed by atoms with van der Waals surface area (Å²) in [5, 5.41) is 6.19. The van der Waals surface area contributed by atoms with Crippen molar-refractivity contribution in [1.82, 2.24) is 15.6 Å². The van der Waals surface area contributed by atoms with E-state index in [1.165, 1.54) is 6.26 Å². The topological polar surface area (TPSA) is 67.2 Å². The minimum Gasteiger partial charge on any atom is -0.448 e. The molecule has 1 aromatic carbocycles. The van der Waals surface area contributed by atoms with Gasteiger partial charge in [-0.05, 0) is 66.2 Å². The van der Waals surface area contributed by atoms with Crippen molar-refractivity contribution >= 4 is 28.5 Å². The van der Waals surface area contributed by atoms with E-state index in [4.69, 9.17) is 4.42 Å². The van der Waals surface area contributed by atoms with Gasteiger partial charge in [-0.15, -0.1) is 0 Å². The molecule has 22 heavy (non-hydrogen) atoms. The second-order valence-corrected chi connectivity index (χ2v) is 6.65. The van der Waals surface area contributed by atoms with Crippen molar-refractivity contribution in [3.8, 4) is 0 Å². The van der Waals surface area contributed by atoms with Crippen molar-refractivity contribution < 1.29 is 9.21 Å². The molecule has 1 fully saturated rings. The quantitative estimate of drug-likeness (QED) is 0.760. The maximum absolute atomic E-state index is 12.2. The Labute approximate surface area is 143 Å². The summed E-state index contributed by atoms with van der Waals surface area (Å²) in [5.41, 5.74) is 1.43. The summed E-state index contributed by atoms with van der Waals surface area (Å²) >= 11 is 2.26. The van der Waals surface area contributed by atoms with Crippen molar-refractivity contribution in [1.29, 1.82) is 0 Å². The standard InChI is InChI=1S/C16H18IN3O2/c17-13-3-1-2-11(8-13)9-19-15(21)14-10-22-16(20-14)12-4-6-18-7-5-12/h1-3,8,10,12,18H,4-7,9H2,(H,19,21). The van der Waals surface area contributed by atoms with Gasteiger partial charge < -0.3 is 15.1 Å². The molecule has 6 heteroatoms. The summed E-state index contributed by atoms with van der Waals surface area (Å²) in [6.07, 6.45) is 3.47. The SMILES string of the molecule is O=C(NCc1cccc(I)c1)c1coc(C2CCNCC2)n1. The van der Waals surface area contributed by atoms with Gasteiger partial charge in [0, 0.05) is 16.0 Å². The van der Waals surface area contributed by atoms with Gasteiger partial charge in [0.15, 0.2) is 11.6 Å². The lowest BCUT2D eigenvalue weighted by molar-refractivity contribution is 0.0946. The fourth-order valence-corrected chi connectivity index (χ4v) is 3.18. The fraction of sp³-hybridized carbons (Fsp3) is 0.375. The highest BCUT2D eigenvalue weighted by Gasteiger charge is 2.21. The third kappa shape index (κ3) is 3.86. The molecule has 1 aliphatic heterocycles. The lowest BCUT2D eigenvalue weighted by atomic mass is 9.98. The van der Waals surface area contributed by atoms with Crippen molar-refractivity contribution in [2.45, 2.75) is 25.3 Å². The van der Waals surface area contributed by atoms with Crippen LogP contribution in [0.4, 0.5) is 0 Å². The van der Waals surface area contributed by atoms with Crippen LogP contribution in [0.5, 0.6) is 0 Å². The molecule has 2 aromatic rings. The number of aromatic nitrogens is 1. The number of amides is 1. The van der Waals surface area contributed by atoms with Gasteiger partial charge >= 0.3 is 0 Å². The van der Waals surface area contributed by atoms with Crippen LogP contribution >= 0.6 is 22.6 Å². The van der Waals surface area contributed by atoms with Crippen LogP contribution in [0.1, 0.15) is 40.7 Å². The molecule has 0 radical (unpaired) electrons. The molecule has 0 bridgehead atoms. The number of halogens is 1. The minimum atomic E-state index is -0.192. The Morgan fingerprint density at radius 2 is 2.23 bits per heavy atom. The van der Waals surface area contributed by atoms with E-state index in [1.807, 2.05) is 24.3 Å². The van der Waals surface area contributed by atoms with E-state index in [2.05, 4.69) is 38.2 Å². The van der Waals surface area contributed by atoms with E-state index < -0.39 is 0 Å². The normalized spacial score (nSPS) is 15.7. The Hall–Kier alpha value is -1.41. The summed E-state index contributed by atoms with van der Waals surface area (Å²) in [5.74, 6) is 0.808.